The number of hydrogen-bond acceptors (Lipinski definition) is 7. The van der Waals surface area contributed by atoms with Gasteiger partial charge in [0.15, 0.2) is 0 Å². The van der Waals surface area contributed by atoms with Crippen molar-refractivity contribution in [1.82, 2.24) is 4.98 Å². The van der Waals surface area contributed by atoms with Gasteiger partial charge in [0, 0.05) is 12.1 Å². The molecule has 0 aliphatic carbocycles. The lowest BCUT2D eigenvalue weighted by atomic mass is 10.3. The van der Waals surface area contributed by atoms with Crippen molar-refractivity contribution in [2.24, 2.45) is 0 Å². The second kappa shape index (κ2) is 8.83. The predicted octanol–water partition coefficient (Wildman–Crippen LogP) is 4.53. The van der Waals surface area contributed by atoms with E-state index in [9.17, 15) is 0 Å². The van der Waals surface area contributed by atoms with Crippen molar-refractivity contribution < 1.29 is 28.4 Å². The maximum absolute atomic E-state index is 5.91. The first kappa shape index (κ1) is 19.7. The number of hydrogen-bond donors (Lipinski definition) is 0. The van der Waals surface area contributed by atoms with Crippen LogP contribution in [0, 0.1) is 6.92 Å². The van der Waals surface area contributed by atoms with Crippen molar-refractivity contribution in [1.29, 1.82) is 0 Å². The third-order valence-electron chi connectivity index (χ3n) is 4.69. The minimum Gasteiger partial charge on any atom is -0.491 e. The summed E-state index contributed by atoms with van der Waals surface area (Å²) in [5, 5.41) is 0. The van der Waals surface area contributed by atoms with Crippen LogP contribution in [0.25, 0.3) is 0 Å². The first-order valence-electron chi connectivity index (χ1n) is 10.2. The van der Waals surface area contributed by atoms with Crippen LogP contribution in [0.3, 0.4) is 0 Å². The number of ether oxygens (including phenoxy) is 6. The average Bonchev–Trinajstić information content (AvgIpc) is 3.68. The molecule has 2 atom stereocenters. The van der Waals surface area contributed by atoms with Crippen LogP contribution in [0.15, 0.2) is 60.7 Å². The molecule has 5 rings (SSSR count). The largest absolute Gasteiger partial charge is 0.491 e. The second-order valence-corrected chi connectivity index (χ2v) is 7.50. The molecule has 2 aromatic carbocycles. The summed E-state index contributed by atoms with van der Waals surface area (Å²) in [7, 11) is 0. The number of nitrogens with zero attached hydrogens (tertiary/aromatic N) is 1. The van der Waals surface area contributed by atoms with Gasteiger partial charge in [0.1, 0.15) is 48.4 Å². The van der Waals surface area contributed by atoms with Crippen molar-refractivity contribution in [2.75, 3.05) is 26.4 Å². The molecule has 3 heterocycles. The molecule has 7 heteroatoms. The summed E-state index contributed by atoms with van der Waals surface area (Å²) in [5.74, 6) is 3.81. The van der Waals surface area contributed by atoms with Crippen LogP contribution in [0.2, 0.25) is 0 Å². The van der Waals surface area contributed by atoms with Crippen molar-refractivity contribution in [3.63, 3.8) is 0 Å². The summed E-state index contributed by atoms with van der Waals surface area (Å²) in [6, 6.07) is 18.6. The highest BCUT2D eigenvalue weighted by Crippen LogP contribution is 2.29. The zero-order chi connectivity index (χ0) is 21.0. The van der Waals surface area contributed by atoms with Crippen molar-refractivity contribution >= 4 is 0 Å². The second-order valence-electron chi connectivity index (χ2n) is 7.50. The smallest absolute Gasteiger partial charge is 0.222 e. The van der Waals surface area contributed by atoms with Crippen molar-refractivity contribution in [2.45, 2.75) is 19.1 Å². The molecule has 2 aliphatic rings. The van der Waals surface area contributed by atoms with Gasteiger partial charge < -0.3 is 28.4 Å². The minimum atomic E-state index is 0.229. The Balaban J connectivity index is 1.20. The molecule has 7 nitrogen and oxygen atoms in total. The van der Waals surface area contributed by atoms with Gasteiger partial charge in [0.05, 0.1) is 13.2 Å². The Morgan fingerprint density at radius 1 is 0.710 bits per heavy atom. The summed E-state index contributed by atoms with van der Waals surface area (Å²) in [6.45, 7) is 4.66. The molecule has 0 spiro atoms. The molecule has 0 bridgehead atoms. The van der Waals surface area contributed by atoms with Crippen molar-refractivity contribution in [3.8, 4) is 34.8 Å². The summed E-state index contributed by atoms with van der Waals surface area (Å²) in [4.78, 5) is 4.46. The highest BCUT2D eigenvalue weighted by Gasteiger charge is 2.23. The van der Waals surface area contributed by atoms with Gasteiger partial charge in [-0.15, -0.1) is 0 Å². The van der Waals surface area contributed by atoms with E-state index in [0.717, 1.165) is 30.3 Å². The highest BCUT2D eigenvalue weighted by atomic mass is 16.6. The van der Waals surface area contributed by atoms with Gasteiger partial charge in [-0.25, -0.2) is 0 Å². The molecule has 2 fully saturated rings. The summed E-state index contributed by atoms with van der Waals surface area (Å²) in [6.07, 6.45) is 0.457. The van der Waals surface area contributed by atoms with Crippen LogP contribution in [-0.4, -0.2) is 43.6 Å². The molecule has 0 radical (unpaired) electrons. The monoisotopic (exact) mass is 421 g/mol. The van der Waals surface area contributed by atoms with E-state index < -0.39 is 0 Å². The predicted molar refractivity (Wildman–Crippen MR) is 112 cm³/mol. The SMILES string of the molecule is Cc1cc(Oc2ccc(OCC3CO3)cc2)nc(Oc2ccc(OCC3CO3)cc2)c1. The molecule has 1 aromatic heterocycles. The quantitative estimate of drug-likeness (QED) is 0.445. The van der Waals surface area contributed by atoms with Gasteiger partial charge in [0.25, 0.3) is 0 Å². The summed E-state index contributed by atoms with van der Waals surface area (Å²) >= 11 is 0. The van der Waals surface area contributed by atoms with E-state index in [-0.39, 0.29) is 12.2 Å². The van der Waals surface area contributed by atoms with E-state index in [1.807, 2.05) is 67.6 Å². The van der Waals surface area contributed by atoms with Crippen LogP contribution in [0.5, 0.6) is 34.8 Å². The minimum absolute atomic E-state index is 0.229. The Hall–Kier alpha value is -3.29. The van der Waals surface area contributed by atoms with Gasteiger partial charge in [-0.1, -0.05) is 0 Å². The summed E-state index contributed by atoms with van der Waals surface area (Å²) in [5.41, 5.74) is 0.980. The topological polar surface area (TPSA) is 74.9 Å². The summed E-state index contributed by atoms with van der Waals surface area (Å²) < 4.78 is 33.4. The number of pyridine rings is 1. The Labute approximate surface area is 180 Å². The maximum atomic E-state index is 5.91. The maximum Gasteiger partial charge on any atom is 0.222 e. The molecule has 0 saturated carbocycles. The fourth-order valence-electron chi connectivity index (χ4n) is 2.87. The number of aromatic nitrogens is 1. The molecular formula is C24H23NO6. The zero-order valence-corrected chi connectivity index (χ0v) is 17.2. The highest BCUT2D eigenvalue weighted by molar-refractivity contribution is 5.38. The molecule has 31 heavy (non-hydrogen) atoms. The van der Waals surface area contributed by atoms with Crippen LogP contribution < -0.4 is 18.9 Å². The van der Waals surface area contributed by atoms with E-state index in [2.05, 4.69) is 4.98 Å². The fraction of sp³-hybridized carbons (Fsp3) is 0.292. The molecule has 0 amide bonds. The Kier molecular flexibility index (Phi) is 5.60. The molecule has 2 aliphatic heterocycles. The molecule has 0 N–H and O–H groups in total. The van der Waals surface area contributed by atoms with Crippen LogP contribution in [0.4, 0.5) is 0 Å². The van der Waals surface area contributed by atoms with Gasteiger partial charge in [-0.05, 0) is 61.0 Å². The van der Waals surface area contributed by atoms with E-state index >= 15 is 0 Å². The molecule has 160 valence electrons. The number of benzene rings is 2. The standard InChI is InChI=1S/C24H23NO6/c1-16-10-23(30-19-6-2-17(3-7-19)26-12-21-14-28-21)25-24(11-16)31-20-8-4-18(5-9-20)27-13-22-15-29-22/h2-11,21-22H,12-15H2,1H3. The van der Waals surface area contributed by atoms with E-state index in [1.165, 1.54) is 0 Å². The van der Waals surface area contributed by atoms with Crippen molar-refractivity contribution in [3.05, 3.63) is 66.2 Å². The number of epoxide rings is 2. The average molecular weight is 421 g/mol. The lowest BCUT2D eigenvalue weighted by Crippen LogP contribution is -2.03. The molecule has 2 saturated heterocycles. The van der Waals surface area contributed by atoms with Gasteiger partial charge in [-0.3, -0.25) is 0 Å². The first-order chi connectivity index (χ1) is 15.2. The Morgan fingerprint density at radius 3 is 1.48 bits per heavy atom. The number of rotatable bonds is 10. The third kappa shape index (κ3) is 5.87. The van der Waals surface area contributed by atoms with Gasteiger partial charge >= 0.3 is 0 Å². The normalized spacial score (nSPS) is 18.9. The van der Waals surface area contributed by atoms with E-state index in [0.29, 0.717) is 36.5 Å². The number of aryl methyl sites for hydroxylation is 1. The van der Waals surface area contributed by atoms with E-state index in [1.54, 1.807) is 0 Å². The zero-order valence-electron chi connectivity index (χ0n) is 17.2. The van der Waals surface area contributed by atoms with Gasteiger partial charge in [0.2, 0.25) is 11.8 Å². The van der Waals surface area contributed by atoms with Crippen LogP contribution in [0.1, 0.15) is 5.56 Å². The van der Waals surface area contributed by atoms with Crippen LogP contribution in [-0.2, 0) is 9.47 Å². The third-order valence-corrected chi connectivity index (χ3v) is 4.69. The molecular weight excluding hydrogens is 398 g/mol. The Morgan fingerprint density at radius 2 is 1.10 bits per heavy atom. The van der Waals surface area contributed by atoms with Crippen LogP contribution >= 0.6 is 0 Å². The lowest BCUT2D eigenvalue weighted by Gasteiger charge is -2.11. The van der Waals surface area contributed by atoms with E-state index in [4.69, 9.17) is 28.4 Å². The molecule has 3 aromatic rings. The lowest BCUT2D eigenvalue weighted by molar-refractivity contribution is 0.263. The first-order valence-corrected chi connectivity index (χ1v) is 10.2. The Bertz CT molecular complexity index is 933. The molecule has 2 unspecified atom stereocenters. The van der Waals surface area contributed by atoms with Gasteiger partial charge in [-0.2, -0.15) is 4.98 Å². The fourth-order valence-corrected chi connectivity index (χ4v) is 2.87.